The maximum atomic E-state index is 13.8. The lowest BCUT2D eigenvalue weighted by atomic mass is 10.1. The number of hydrogen-bond donors (Lipinski definition) is 2. The van der Waals surface area contributed by atoms with Crippen molar-refractivity contribution in [1.82, 2.24) is 5.32 Å². The second-order valence-electron chi connectivity index (χ2n) is 3.64. The number of anilines is 1. The molecule has 1 amide bonds. The van der Waals surface area contributed by atoms with Crippen LogP contribution in [0, 0.1) is 5.82 Å². The summed E-state index contributed by atoms with van der Waals surface area (Å²) in [6, 6.07) is 4.76. The van der Waals surface area contributed by atoms with Gasteiger partial charge in [0.05, 0.1) is 12.2 Å². The van der Waals surface area contributed by atoms with Crippen LogP contribution in [0.3, 0.4) is 0 Å². The number of benzene rings is 1. The number of amides is 1. The number of likely N-dealkylation sites (N-methyl/N-ethyl adjacent to an activating group) is 2. The van der Waals surface area contributed by atoms with E-state index in [1.54, 1.807) is 24.1 Å². The Bertz CT molecular complexity index is 395. The second kappa shape index (κ2) is 6.20. The number of carbonyl (C=O) groups excluding carboxylic acids is 1. The van der Waals surface area contributed by atoms with Gasteiger partial charge in [0.2, 0.25) is 5.91 Å². The molecular weight excluding hydrogens is 221 g/mol. The van der Waals surface area contributed by atoms with Crippen LogP contribution < -0.4 is 16.0 Å². The lowest BCUT2D eigenvalue weighted by Crippen LogP contribution is -2.36. The minimum atomic E-state index is -0.348. The summed E-state index contributed by atoms with van der Waals surface area (Å²) in [6.07, 6.45) is 0. The molecule has 94 valence electrons. The zero-order valence-corrected chi connectivity index (χ0v) is 10.2. The number of rotatable bonds is 5. The maximum Gasteiger partial charge on any atom is 0.239 e. The Morgan fingerprint density at radius 2 is 2.24 bits per heavy atom. The molecule has 0 atom stereocenters. The molecule has 1 aromatic carbocycles. The molecular formula is C12H18FN3O. The number of nitrogens with one attached hydrogen (secondary N) is 1. The van der Waals surface area contributed by atoms with Gasteiger partial charge in [-0.25, -0.2) is 4.39 Å². The molecule has 0 saturated heterocycles. The van der Waals surface area contributed by atoms with Crippen LogP contribution in [-0.4, -0.2) is 26.0 Å². The van der Waals surface area contributed by atoms with E-state index in [4.69, 9.17) is 5.73 Å². The van der Waals surface area contributed by atoms with E-state index in [2.05, 4.69) is 5.32 Å². The molecule has 3 N–H and O–H groups in total. The molecule has 0 aromatic heterocycles. The average molecular weight is 239 g/mol. The molecule has 0 fully saturated rings. The van der Waals surface area contributed by atoms with E-state index in [0.717, 1.165) is 0 Å². The van der Waals surface area contributed by atoms with Crippen LogP contribution in [0.1, 0.15) is 12.5 Å². The molecule has 0 saturated carbocycles. The molecule has 17 heavy (non-hydrogen) atoms. The van der Waals surface area contributed by atoms with Crippen molar-refractivity contribution in [2.45, 2.75) is 13.5 Å². The monoisotopic (exact) mass is 239 g/mol. The van der Waals surface area contributed by atoms with E-state index in [1.807, 2.05) is 6.92 Å². The summed E-state index contributed by atoms with van der Waals surface area (Å²) in [5.74, 6) is -0.503. The van der Waals surface area contributed by atoms with Crippen molar-refractivity contribution in [3.8, 4) is 0 Å². The average Bonchev–Trinajstić information content (AvgIpc) is 2.35. The predicted octanol–water partition coefficient (Wildman–Crippen LogP) is 0.857. The van der Waals surface area contributed by atoms with Gasteiger partial charge in [-0.3, -0.25) is 4.79 Å². The first-order valence-electron chi connectivity index (χ1n) is 5.57. The van der Waals surface area contributed by atoms with Crippen molar-refractivity contribution >= 4 is 11.6 Å². The van der Waals surface area contributed by atoms with E-state index < -0.39 is 0 Å². The van der Waals surface area contributed by atoms with E-state index in [0.29, 0.717) is 17.8 Å². The number of halogens is 1. The fraction of sp³-hybridized carbons (Fsp3) is 0.417. The molecule has 0 spiro atoms. The smallest absolute Gasteiger partial charge is 0.239 e. The summed E-state index contributed by atoms with van der Waals surface area (Å²) >= 11 is 0. The topological polar surface area (TPSA) is 58.4 Å². The van der Waals surface area contributed by atoms with Gasteiger partial charge in [0, 0.05) is 20.1 Å². The van der Waals surface area contributed by atoms with E-state index in [1.165, 1.54) is 6.07 Å². The maximum absolute atomic E-state index is 13.8. The van der Waals surface area contributed by atoms with Gasteiger partial charge in [-0.1, -0.05) is 12.1 Å². The van der Waals surface area contributed by atoms with Gasteiger partial charge in [0.25, 0.3) is 0 Å². The first kappa shape index (κ1) is 13.4. The van der Waals surface area contributed by atoms with Gasteiger partial charge in [0.1, 0.15) is 5.82 Å². The van der Waals surface area contributed by atoms with Crippen molar-refractivity contribution < 1.29 is 9.18 Å². The summed E-state index contributed by atoms with van der Waals surface area (Å²) < 4.78 is 13.8. The summed E-state index contributed by atoms with van der Waals surface area (Å²) in [4.78, 5) is 13.0. The third-order valence-electron chi connectivity index (χ3n) is 2.60. The Balaban J connectivity index is 3.06. The van der Waals surface area contributed by atoms with E-state index in [-0.39, 0.29) is 24.8 Å². The molecule has 5 heteroatoms. The standard InChI is InChI=1S/C12H18FN3O/c1-3-16(8-11(17)15-2)12-9(7-14)5-4-6-10(12)13/h4-6H,3,7-8,14H2,1-2H3,(H,15,17). The number of nitrogens with two attached hydrogens (primary N) is 1. The number of nitrogens with zero attached hydrogens (tertiary/aromatic N) is 1. The Morgan fingerprint density at radius 1 is 1.53 bits per heavy atom. The Kier molecular flexibility index (Phi) is 4.90. The van der Waals surface area contributed by atoms with Crippen molar-refractivity contribution in [2.75, 3.05) is 25.0 Å². The molecule has 0 unspecified atom stereocenters. The molecule has 4 nitrogen and oxygen atoms in total. The Morgan fingerprint density at radius 3 is 2.76 bits per heavy atom. The third-order valence-corrected chi connectivity index (χ3v) is 2.60. The van der Waals surface area contributed by atoms with Gasteiger partial charge >= 0.3 is 0 Å². The first-order valence-corrected chi connectivity index (χ1v) is 5.57. The van der Waals surface area contributed by atoms with Crippen molar-refractivity contribution in [3.63, 3.8) is 0 Å². The molecule has 0 aliphatic heterocycles. The van der Waals surface area contributed by atoms with Crippen LogP contribution in [0.25, 0.3) is 0 Å². The Labute approximate surface area is 101 Å². The van der Waals surface area contributed by atoms with Crippen molar-refractivity contribution in [3.05, 3.63) is 29.6 Å². The summed E-state index contributed by atoms with van der Waals surface area (Å²) in [5, 5.41) is 2.52. The van der Waals surface area contributed by atoms with Crippen LogP contribution in [0.2, 0.25) is 0 Å². The summed E-state index contributed by atoms with van der Waals surface area (Å²) in [7, 11) is 1.56. The number of para-hydroxylation sites is 1. The van der Waals surface area contributed by atoms with Crippen molar-refractivity contribution in [1.29, 1.82) is 0 Å². The molecule has 0 aliphatic carbocycles. The van der Waals surface area contributed by atoms with Crippen LogP contribution in [0.15, 0.2) is 18.2 Å². The fourth-order valence-electron chi connectivity index (χ4n) is 1.68. The summed E-state index contributed by atoms with van der Waals surface area (Å²) in [6.45, 7) is 2.79. The summed E-state index contributed by atoms with van der Waals surface area (Å²) in [5.41, 5.74) is 6.70. The molecule has 1 aromatic rings. The lowest BCUT2D eigenvalue weighted by molar-refractivity contribution is -0.119. The minimum absolute atomic E-state index is 0.126. The van der Waals surface area contributed by atoms with Gasteiger partial charge in [-0.15, -0.1) is 0 Å². The first-order chi connectivity index (χ1) is 8.13. The SMILES string of the molecule is CCN(CC(=O)NC)c1c(F)cccc1CN. The highest BCUT2D eigenvalue weighted by Gasteiger charge is 2.16. The van der Waals surface area contributed by atoms with Crippen LogP contribution in [-0.2, 0) is 11.3 Å². The second-order valence-corrected chi connectivity index (χ2v) is 3.64. The minimum Gasteiger partial charge on any atom is -0.360 e. The van der Waals surface area contributed by atoms with Gasteiger partial charge in [0.15, 0.2) is 0 Å². The largest absolute Gasteiger partial charge is 0.360 e. The third kappa shape index (κ3) is 3.17. The number of hydrogen-bond acceptors (Lipinski definition) is 3. The molecule has 1 rings (SSSR count). The zero-order valence-electron chi connectivity index (χ0n) is 10.2. The quantitative estimate of drug-likeness (QED) is 0.801. The van der Waals surface area contributed by atoms with Crippen LogP contribution in [0.5, 0.6) is 0 Å². The number of carbonyl (C=O) groups is 1. The van der Waals surface area contributed by atoms with E-state index in [9.17, 15) is 9.18 Å². The van der Waals surface area contributed by atoms with E-state index >= 15 is 0 Å². The highest BCUT2D eigenvalue weighted by molar-refractivity contribution is 5.81. The predicted molar refractivity (Wildman–Crippen MR) is 66.2 cm³/mol. The van der Waals surface area contributed by atoms with Gasteiger partial charge in [-0.05, 0) is 18.6 Å². The van der Waals surface area contributed by atoms with Gasteiger partial charge in [-0.2, -0.15) is 0 Å². The Hall–Kier alpha value is -1.62. The molecule has 0 bridgehead atoms. The zero-order chi connectivity index (χ0) is 12.8. The van der Waals surface area contributed by atoms with Crippen LogP contribution in [0.4, 0.5) is 10.1 Å². The molecule has 0 heterocycles. The highest BCUT2D eigenvalue weighted by Crippen LogP contribution is 2.23. The fourth-order valence-corrected chi connectivity index (χ4v) is 1.68. The molecule has 0 radical (unpaired) electrons. The van der Waals surface area contributed by atoms with Crippen molar-refractivity contribution in [2.24, 2.45) is 5.73 Å². The highest BCUT2D eigenvalue weighted by atomic mass is 19.1. The van der Waals surface area contributed by atoms with Gasteiger partial charge < -0.3 is 16.0 Å². The lowest BCUT2D eigenvalue weighted by Gasteiger charge is -2.25. The van der Waals surface area contributed by atoms with Crippen LogP contribution >= 0.6 is 0 Å². The molecule has 0 aliphatic rings. The normalized spacial score (nSPS) is 10.1.